The third-order valence-corrected chi connectivity index (χ3v) is 2.48. The summed E-state index contributed by atoms with van der Waals surface area (Å²) in [6, 6.07) is 5.76. The Morgan fingerprint density at radius 2 is 2.05 bits per heavy atom. The number of hydrogen-bond acceptors (Lipinski definition) is 4. The molecule has 0 atom stereocenters. The standard InChI is InChI=1S/C12H12FN5O2/c13-7-3-1-2-4-9(7)16-10(19)6-18-5-8(14)11(17-18)12(15)20/h1-5H,6,14H2,(H2,15,20)(H,16,19). The van der Waals surface area contributed by atoms with Crippen molar-refractivity contribution in [1.82, 2.24) is 9.78 Å². The summed E-state index contributed by atoms with van der Waals surface area (Å²) in [6.45, 7) is -0.216. The fourth-order valence-corrected chi connectivity index (χ4v) is 1.61. The predicted molar refractivity (Wildman–Crippen MR) is 70.2 cm³/mol. The SMILES string of the molecule is NC(=O)c1nn(CC(=O)Nc2ccccc2F)cc1N. The summed E-state index contributed by atoms with van der Waals surface area (Å²) < 4.78 is 14.5. The molecule has 8 heteroatoms. The Labute approximate surface area is 113 Å². The second-order valence-corrected chi connectivity index (χ2v) is 4.02. The monoisotopic (exact) mass is 277 g/mol. The van der Waals surface area contributed by atoms with E-state index in [-0.39, 0.29) is 23.6 Å². The van der Waals surface area contributed by atoms with Gasteiger partial charge < -0.3 is 16.8 Å². The van der Waals surface area contributed by atoms with Crippen LogP contribution in [0.2, 0.25) is 0 Å². The lowest BCUT2D eigenvalue weighted by atomic mass is 10.3. The van der Waals surface area contributed by atoms with Crippen molar-refractivity contribution < 1.29 is 14.0 Å². The second kappa shape index (κ2) is 5.39. The minimum absolute atomic E-state index is 0.0627. The van der Waals surface area contributed by atoms with Gasteiger partial charge in [0.15, 0.2) is 5.69 Å². The van der Waals surface area contributed by atoms with Gasteiger partial charge >= 0.3 is 0 Å². The van der Waals surface area contributed by atoms with Crippen LogP contribution in [0.15, 0.2) is 30.5 Å². The highest BCUT2D eigenvalue weighted by atomic mass is 19.1. The zero-order chi connectivity index (χ0) is 14.7. The molecule has 0 bridgehead atoms. The Bertz CT molecular complexity index is 668. The molecule has 1 aromatic carbocycles. The van der Waals surface area contributed by atoms with Crippen molar-refractivity contribution in [1.29, 1.82) is 0 Å². The number of carbonyl (C=O) groups is 2. The molecule has 1 heterocycles. The van der Waals surface area contributed by atoms with Gasteiger partial charge in [0, 0.05) is 6.20 Å². The number of rotatable bonds is 4. The Balaban J connectivity index is 2.07. The Hall–Kier alpha value is -2.90. The van der Waals surface area contributed by atoms with Gasteiger partial charge in [-0.3, -0.25) is 14.3 Å². The summed E-state index contributed by atoms with van der Waals surface area (Å²) in [6.07, 6.45) is 1.31. The van der Waals surface area contributed by atoms with Crippen molar-refractivity contribution >= 4 is 23.2 Å². The van der Waals surface area contributed by atoms with Crippen molar-refractivity contribution in [2.45, 2.75) is 6.54 Å². The number of aromatic nitrogens is 2. The molecule has 5 N–H and O–H groups in total. The van der Waals surface area contributed by atoms with Crippen LogP contribution in [0.3, 0.4) is 0 Å². The lowest BCUT2D eigenvalue weighted by molar-refractivity contribution is -0.116. The largest absolute Gasteiger partial charge is 0.396 e. The number of primary amides is 1. The van der Waals surface area contributed by atoms with E-state index in [1.165, 1.54) is 24.4 Å². The molecule has 2 amide bonds. The van der Waals surface area contributed by atoms with Crippen molar-refractivity contribution in [3.05, 3.63) is 42.0 Å². The molecule has 2 aromatic rings. The molecular formula is C12H12FN5O2. The molecule has 0 radical (unpaired) electrons. The number of benzene rings is 1. The number of halogens is 1. The topological polar surface area (TPSA) is 116 Å². The maximum atomic E-state index is 13.3. The van der Waals surface area contributed by atoms with Crippen LogP contribution >= 0.6 is 0 Å². The number of hydrogen-bond donors (Lipinski definition) is 3. The number of carbonyl (C=O) groups excluding carboxylic acids is 2. The van der Waals surface area contributed by atoms with Crippen LogP contribution in [0.5, 0.6) is 0 Å². The van der Waals surface area contributed by atoms with E-state index in [1.54, 1.807) is 6.07 Å². The zero-order valence-electron chi connectivity index (χ0n) is 10.3. The predicted octanol–water partition coefficient (Wildman–Crippen LogP) is 0.342. The maximum Gasteiger partial charge on any atom is 0.271 e. The van der Waals surface area contributed by atoms with Gasteiger partial charge in [-0.15, -0.1) is 0 Å². The smallest absolute Gasteiger partial charge is 0.271 e. The van der Waals surface area contributed by atoms with Crippen LogP contribution in [0, 0.1) is 5.82 Å². The first kappa shape index (κ1) is 13.5. The third-order valence-electron chi connectivity index (χ3n) is 2.48. The van der Waals surface area contributed by atoms with Crippen LogP contribution < -0.4 is 16.8 Å². The summed E-state index contributed by atoms with van der Waals surface area (Å²) in [4.78, 5) is 22.7. The lowest BCUT2D eigenvalue weighted by Gasteiger charge is -2.05. The molecule has 0 aliphatic carbocycles. The normalized spacial score (nSPS) is 10.2. The summed E-state index contributed by atoms with van der Waals surface area (Å²) >= 11 is 0. The molecule has 7 nitrogen and oxygen atoms in total. The first-order chi connectivity index (χ1) is 9.47. The number of anilines is 2. The van der Waals surface area contributed by atoms with E-state index in [1.807, 2.05) is 0 Å². The van der Waals surface area contributed by atoms with E-state index in [2.05, 4.69) is 10.4 Å². The van der Waals surface area contributed by atoms with Crippen molar-refractivity contribution in [2.75, 3.05) is 11.1 Å². The van der Waals surface area contributed by atoms with Crippen molar-refractivity contribution in [2.24, 2.45) is 5.73 Å². The van der Waals surface area contributed by atoms with Gasteiger partial charge in [-0.1, -0.05) is 12.1 Å². The average Bonchev–Trinajstić information content (AvgIpc) is 2.73. The van der Waals surface area contributed by atoms with E-state index in [0.717, 1.165) is 4.68 Å². The molecule has 0 saturated heterocycles. The van der Waals surface area contributed by atoms with Crippen LogP contribution in [-0.2, 0) is 11.3 Å². The molecule has 0 unspecified atom stereocenters. The van der Waals surface area contributed by atoms with Crippen molar-refractivity contribution in [3.8, 4) is 0 Å². The van der Waals surface area contributed by atoms with Gasteiger partial charge in [-0.2, -0.15) is 5.10 Å². The van der Waals surface area contributed by atoms with Gasteiger partial charge in [0.1, 0.15) is 12.4 Å². The molecule has 0 saturated carbocycles. The number of amides is 2. The maximum absolute atomic E-state index is 13.3. The quantitative estimate of drug-likeness (QED) is 0.747. The minimum Gasteiger partial charge on any atom is -0.396 e. The van der Waals surface area contributed by atoms with Crippen LogP contribution in [0.25, 0.3) is 0 Å². The van der Waals surface area contributed by atoms with Crippen LogP contribution in [-0.4, -0.2) is 21.6 Å². The summed E-state index contributed by atoms with van der Waals surface area (Å²) in [7, 11) is 0. The molecule has 0 fully saturated rings. The summed E-state index contributed by atoms with van der Waals surface area (Å²) in [5.74, 6) is -1.83. The lowest BCUT2D eigenvalue weighted by Crippen LogP contribution is -2.20. The minimum atomic E-state index is -0.782. The van der Waals surface area contributed by atoms with Gasteiger partial charge in [0.05, 0.1) is 11.4 Å². The number of para-hydroxylation sites is 1. The van der Waals surface area contributed by atoms with Crippen LogP contribution in [0.4, 0.5) is 15.8 Å². The third kappa shape index (κ3) is 2.91. The van der Waals surface area contributed by atoms with Gasteiger partial charge in [-0.25, -0.2) is 4.39 Å². The first-order valence-corrected chi connectivity index (χ1v) is 5.64. The van der Waals surface area contributed by atoms with Gasteiger partial charge in [0.2, 0.25) is 5.91 Å². The molecular weight excluding hydrogens is 265 g/mol. The number of nitrogens with zero attached hydrogens (tertiary/aromatic N) is 2. The molecule has 1 aromatic heterocycles. The number of nitrogens with one attached hydrogen (secondary N) is 1. The second-order valence-electron chi connectivity index (χ2n) is 4.02. The van der Waals surface area contributed by atoms with E-state index in [0.29, 0.717) is 0 Å². The van der Waals surface area contributed by atoms with E-state index in [9.17, 15) is 14.0 Å². The van der Waals surface area contributed by atoms with Crippen molar-refractivity contribution in [3.63, 3.8) is 0 Å². The average molecular weight is 277 g/mol. The zero-order valence-corrected chi connectivity index (χ0v) is 10.3. The molecule has 2 rings (SSSR count). The molecule has 0 aliphatic heterocycles. The Kier molecular flexibility index (Phi) is 3.65. The van der Waals surface area contributed by atoms with E-state index >= 15 is 0 Å². The first-order valence-electron chi connectivity index (χ1n) is 5.64. The Morgan fingerprint density at radius 1 is 1.35 bits per heavy atom. The Morgan fingerprint density at radius 3 is 2.65 bits per heavy atom. The molecule has 20 heavy (non-hydrogen) atoms. The number of nitrogens with two attached hydrogens (primary N) is 2. The highest BCUT2D eigenvalue weighted by Crippen LogP contribution is 2.13. The van der Waals surface area contributed by atoms with Gasteiger partial charge in [0.25, 0.3) is 5.91 Å². The molecule has 104 valence electrons. The summed E-state index contributed by atoms with van der Waals surface area (Å²) in [5.41, 5.74) is 10.6. The van der Waals surface area contributed by atoms with E-state index < -0.39 is 17.6 Å². The molecule has 0 spiro atoms. The number of nitrogen functional groups attached to an aromatic ring is 1. The molecule has 0 aliphatic rings. The highest BCUT2D eigenvalue weighted by molar-refractivity contribution is 5.96. The fourth-order valence-electron chi connectivity index (χ4n) is 1.61. The van der Waals surface area contributed by atoms with E-state index in [4.69, 9.17) is 11.5 Å². The highest BCUT2D eigenvalue weighted by Gasteiger charge is 2.13. The fraction of sp³-hybridized carbons (Fsp3) is 0.0833. The summed E-state index contributed by atoms with van der Waals surface area (Å²) in [5, 5.41) is 6.16. The van der Waals surface area contributed by atoms with Crippen LogP contribution in [0.1, 0.15) is 10.5 Å². The van der Waals surface area contributed by atoms with Gasteiger partial charge in [-0.05, 0) is 12.1 Å².